The number of hydrogen-bond donors (Lipinski definition) is 2. The van der Waals surface area contributed by atoms with E-state index in [1.165, 1.54) is 6.20 Å². The summed E-state index contributed by atoms with van der Waals surface area (Å²) in [4.78, 5) is 3.94. The van der Waals surface area contributed by atoms with Crippen LogP contribution < -0.4 is 10.5 Å². The zero-order valence-electron chi connectivity index (χ0n) is 10.6. The maximum absolute atomic E-state index is 11.8. The van der Waals surface area contributed by atoms with Gasteiger partial charge in [0.1, 0.15) is 5.82 Å². The van der Waals surface area contributed by atoms with Crippen molar-refractivity contribution in [1.82, 2.24) is 4.98 Å². The number of sulfonamides is 1. The molecule has 6 heteroatoms. The fourth-order valence-corrected chi connectivity index (χ4v) is 3.03. The van der Waals surface area contributed by atoms with Gasteiger partial charge in [-0.15, -0.1) is 0 Å². The summed E-state index contributed by atoms with van der Waals surface area (Å²) in [6.07, 6.45) is 1.45. The van der Waals surface area contributed by atoms with Crippen molar-refractivity contribution in [3.63, 3.8) is 0 Å². The predicted octanol–water partition coefficient (Wildman–Crippen LogP) is 1.76. The maximum atomic E-state index is 11.8. The van der Waals surface area contributed by atoms with Crippen molar-refractivity contribution in [3.8, 4) is 0 Å². The first kappa shape index (κ1) is 13.8. The number of nitrogen functional groups attached to an aromatic ring is 1. The Hall–Kier alpha value is -1.30. The molecule has 0 saturated carbocycles. The van der Waals surface area contributed by atoms with E-state index >= 15 is 0 Å². The number of nitrogens with one attached hydrogen (secondary N) is 1. The van der Waals surface area contributed by atoms with E-state index in [0.29, 0.717) is 11.5 Å². The molecule has 0 radical (unpaired) electrons. The second-order valence-electron chi connectivity index (χ2n) is 5.35. The molecule has 0 aromatic carbocycles. The summed E-state index contributed by atoms with van der Waals surface area (Å²) in [6, 6.07) is 1.62. The number of aromatic nitrogens is 1. The quantitative estimate of drug-likeness (QED) is 0.864. The summed E-state index contributed by atoms with van der Waals surface area (Å²) in [5.41, 5.74) is 6.66. The Labute approximate surface area is 102 Å². The summed E-state index contributed by atoms with van der Waals surface area (Å²) >= 11 is 0. The first-order chi connectivity index (χ1) is 7.59. The molecule has 1 heterocycles. The van der Waals surface area contributed by atoms with Crippen LogP contribution in [0.3, 0.4) is 0 Å². The normalized spacial score (nSPS) is 12.5. The number of anilines is 2. The van der Waals surface area contributed by atoms with Crippen LogP contribution in [-0.4, -0.2) is 19.2 Å². The van der Waals surface area contributed by atoms with Crippen LogP contribution in [0.4, 0.5) is 11.5 Å². The highest BCUT2D eigenvalue weighted by atomic mass is 32.2. The Kier molecular flexibility index (Phi) is 3.66. The molecule has 96 valence electrons. The van der Waals surface area contributed by atoms with Crippen LogP contribution in [0.5, 0.6) is 0 Å². The lowest BCUT2D eigenvalue weighted by Crippen LogP contribution is -2.26. The van der Waals surface area contributed by atoms with E-state index in [9.17, 15) is 8.42 Å². The lowest BCUT2D eigenvalue weighted by Gasteiger charge is -2.18. The molecule has 0 saturated heterocycles. The van der Waals surface area contributed by atoms with E-state index in [2.05, 4.69) is 9.71 Å². The topological polar surface area (TPSA) is 85.1 Å². The van der Waals surface area contributed by atoms with Gasteiger partial charge in [0.25, 0.3) is 0 Å². The summed E-state index contributed by atoms with van der Waals surface area (Å²) in [7, 11) is -3.38. The van der Waals surface area contributed by atoms with E-state index in [-0.39, 0.29) is 11.2 Å². The summed E-state index contributed by atoms with van der Waals surface area (Å²) in [5, 5.41) is 0. The monoisotopic (exact) mass is 257 g/mol. The van der Waals surface area contributed by atoms with Gasteiger partial charge >= 0.3 is 0 Å². The standard InChI is InChI=1S/C11H19N3O2S/c1-8-5-10(13-6-9(8)12)14-17(15,16)7-11(2,3)4/h5-6H,7,12H2,1-4H3,(H,13,14). The fourth-order valence-electron chi connectivity index (χ4n) is 1.39. The van der Waals surface area contributed by atoms with Gasteiger partial charge in [-0.1, -0.05) is 20.8 Å². The Balaban J connectivity index is 2.87. The molecular weight excluding hydrogens is 238 g/mol. The Morgan fingerprint density at radius 2 is 2.00 bits per heavy atom. The maximum Gasteiger partial charge on any atom is 0.234 e. The van der Waals surface area contributed by atoms with Crippen molar-refractivity contribution >= 4 is 21.5 Å². The highest BCUT2D eigenvalue weighted by Crippen LogP contribution is 2.19. The van der Waals surface area contributed by atoms with Crippen LogP contribution in [0, 0.1) is 12.3 Å². The lowest BCUT2D eigenvalue weighted by atomic mass is 10.0. The number of rotatable bonds is 3. The highest BCUT2D eigenvalue weighted by molar-refractivity contribution is 7.92. The molecule has 1 aromatic rings. The van der Waals surface area contributed by atoms with Crippen molar-refractivity contribution in [1.29, 1.82) is 0 Å². The molecule has 1 aromatic heterocycles. The number of hydrogen-bond acceptors (Lipinski definition) is 4. The number of aryl methyl sites for hydroxylation is 1. The molecular formula is C11H19N3O2S. The third-order valence-electron chi connectivity index (χ3n) is 2.03. The fraction of sp³-hybridized carbons (Fsp3) is 0.545. The molecule has 0 aliphatic rings. The van der Waals surface area contributed by atoms with E-state index in [1.807, 2.05) is 20.8 Å². The van der Waals surface area contributed by atoms with Gasteiger partial charge in [-0.2, -0.15) is 0 Å². The van der Waals surface area contributed by atoms with Gasteiger partial charge < -0.3 is 5.73 Å². The number of nitrogens with two attached hydrogens (primary N) is 1. The third kappa shape index (κ3) is 4.60. The molecule has 5 nitrogen and oxygen atoms in total. The van der Waals surface area contributed by atoms with E-state index in [1.54, 1.807) is 13.0 Å². The van der Waals surface area contributed by atoms with Gasteiger partial charge in [0.2, 0.25) is 10.0 Å². The van der Waals surface area contributed by atoms with Gasteiger partial charge in [0.15, 0.2) is 0 Å². The molecule has 0 aliphatic carbocycles. The molecule has 0 aliphatic heterocycles. The largest absolute Gasteiger partial charge is 0.397 e. The van der Waals surface area contributed by atoms with Crippen LogP contribution >= 0.6 is 0 Å². The second-order valence-corrected chi connectivity index (χ2v) is 7.07. The second kappa shape index (κ2) is 4.52. The lowest BCUT2D eigenvalue weighted by molar-refractivity contribution is 0.463. The summed E-state index contributed by atoms with van der Waals surface area (Å²) < 4.78 is 26.1. The van der Waals surface area contributed by atoms with Crippen molar-refractivity contribution in [2.75, 3.05) is 16.2 Å². The van der Waals surface area contributed by atoms with Crippen molar-refractivity contribution in [2.24, 2.45) is 5.41 Å². The molecule has 1 rings (SSSR count). The van der Waals surface area contributed by atoms with Gasteiger partial charge in [0, 0.05) is 0 Å². The SMILES string of the molecule is Cc1cc(NS(=O)(=O)CC(C)(C)C)ncc1N. The van der Waals surface area contributed by atoms with Crippen LogP contribution in [-0.2, 0) is 10.0 Å². The van der Waals surface area contributed by atoms with E-state index in [4.69, 9.17) is 5.73 Å². The third-order valence-corrected chi connectivity index (χ3v) is 3.80. The zero-order valence-corrected chi connectivity index (χ0v) is 11.4. The highest BCUT2D eigenvalue weighted by Gasteiger charge is 2.21. The van der Waals surface area contributed by atoms with Gasteiger partial charge in [-0.25, -0.2) is 13.4 Å². The molecule has 3 N–H and O–H groups in total. The Morgan fingerprint density at radius 1 is 1.41 bits per heavy atom. The molecule has 17 heavy (non-hydrogen) atoms. The Morgan fingerprint density at radius 3 is 2.47 bits per heavy atom. The van der Waals surface area contributed by atoms with Gasteiger partial charge in [-0.3, -0.25) is 4.72 Å². The van der Waals surface area contributed by atoms with Crippen LogP contribution in [0.2, 0.25) is 0 Å². The van der Waals surface area contributed by atoms with Crippen molar-refractivity contribution < 1.29 is 8.42 Å². The smallest absolute Gasteiger partial charge is 0.234 e. The van der Waals surface area contributed by atoms with E-state index in [0.717, 1.165) is 5.56 Å². The molecule has 0 spiro atoms. The predicted molar refractivity (Wildman–Crippen MR) is 70.3 cm³/mol. The van der Waals surface area contributed by atoms with Crippen LogP contribution in [0.15, 0.2) is 12.3 Å². The van der Waals surface area contributed by atoms with Crippen LogP contribution in [0.1, 0.15) is 26.3 Å². The minimum absolute atomic E-state index is 0.0467. The average molecular weight is 257 g/mol. The van der Waals surface area contributed by atoms with Crippen molar-refractivity contribution in [2.45, 2.75) is 27.7 Å². The zero-order chi connectivity index (χ0) is 13.3. The van der Waals surface area contributed by atoms with Crippen molar-refractivity contribution in [3.05, 3.63) is 17.8 Å². The van der Waals surface area contributed by atoms with Gasteiger partial charge in [-0.05, 0) is 24.0 Å². The van der Waals surface area contributed by atoms with E-state index < -0.39 is 10.0 Å². The first-order valence-electron chi connectivity index (χ1n) is 5.32. The van der Waals surface area contributed by atoms with Gasteiger partial charge in [0.05, 0.1) is 17.6 Å². The van der Waals surface area contributed by atoms with Crippen LogP contribution in [0.25, 0.3) is 0 Å². The molecule has 0 unspecified atom stereocenters. The minimum atomic E-state index is -3.38. The minimum Gasteiger partial charge on any atom is -0.397 e. The Bertz CT molecular complexity index is 504. The first-order valence-corrected chi connectivity index (χ1v) is 6.97. The average Bonchev–Trinajstić information content (AvgIpc) is 2.06. The number of nitrogens with zero attached hydrogens (tertiary/aromatic N) is 1. The molecule has 0 fully saturated rings. The molecule has 0 amide bonds. The molecule has 0 atom stereocenters. The number of pyridine rings is 1. The summed E-state index contributed by atoms with van der Waals surface area (Å²) in [6.45, 7) is 7.41. The molecule has 0 bridgehead atoms. The summed E-state index contributed by atoms with van der Waals surface area (Å²) in [5.74, 6) is 0.353.